The predicted octanol–water partition coefficient (Wildman–Crippen LogP) is 0.555. The number of carbonyl (C=O) groups is 1. The average molecular weight is 284 g/mol. The van der Waals surface area contributed by atoms with Crippen molar-refractivity contribution in [3.63, 3.8) is 0 Å². The molecule has 0 N–H and O–H groups in total. The van der Waals surface area contributed by atoms with Gasteiger partial charge in [-0.05, 0) is 19.9 Å². The standard InChI is InChI=1S/C13H20N2O3S/c1-10-8-12(11(2)14(10)3)13(16)9-15-4-6-19(17,18)7-5-15/h8H,4-7,9H2,1-3H3. The largest absolute Gasteiger partial charge is 0.351 e. The van der Waals surface area contributed by atoms with Gasteiger partial charge in [-0.1, -0.05) is 0 Å². The molecule has 5 nitrogen and oxygen atoms in total. The maximum Gasteiger partial charge on any atom is 0.178 e. The van der Waals surface area contributed by atoms with Crippen molar-refractivity contribution in [3.05, 3.63) is 23.0 Å². The summed E-state index contributed by atoms with van der Waals surface area (Å²) in [6, 6.07) is 1.90. The molecule has 0 spiro atoms. The predicted molar refractivity (Wildman–Crippen MR) is 74.3 cm³/mol. The molecule has 1 aliphatic heterocycles. The Hall–Kier alpha value is -1.14. The summed E-state index contributed by atoms with van der Waals surface area (Å²) in [6.45, 7) is 5.12. The summed E-state index contributed by atoms with van der Waals surface area (Å²) in [7, 11) is -0.945. The Labute approximate surface area is 114 Å². The van der Waals surface area contributed by atoms with Gasteiger partial charge < -0.3 is 4.57 Å². The van der Waals surface area contributed by atoms with Gasteiger partial charge in [-0.2, -0.15) is 0 Å². The monoisotopic (exact) mass is 284 g/mol. The fourth-order valence-electron chi connectivity index (χ4n) is 2.33. The second kappa shape index (κ2) is 5.09. The van der Waals surface area contributed by atoms with Crippen LogP contribution in [-0.2, 0) is 16.9 Å². The molecule has 0 amide bonds. The van der Waals surface area contributed by atoms with E-state index in [1.807, 2.05) is 36.4 Å². The highest BCUT2D eigenvalue weighted by Gasteiger charge is 2.24. The third kappa shape index (κ3) is 3.06. The highest BCUT2D eigenvalue weighted by atomic mass is 32.2. The Morgan fingerprint density at radius 3 is 2.32 bits per heavy atom. The van der Waals surface area contributed by atoms with E-state index in [0.717, 1.165) is 17.0 Å². The van der Waals surface area contributed by atoms with Crippen LogP contribution in [0.15, 0.2) is 6.07 Å². The molecular formula is C13H20N2O3S. The first-order chi connectivity index (χ1) is 8.80. The summed E-state index contributed by atoms with van der Waals surface area (Å²) in [4.78, 5) is 14.2. The second-order valence-electron chi connectivity index (χ2n) is 5.19. The van der Waals surface area contributed by atoms with Gasteiger partial charge in [-0.25, -0.2) is 8.42 Å². The molecule has 0 atom stereocenters. The SMILES string of the molecule is Cc1cc(C(=O)CN2CCS(=O)(=O)CC2)c(C)n1C. The van der Waals surface area contributed by atoms with Gasteiger partial charge in [0.25, 0.3) is 0 Å². The molecule has 1 fully saturated rings. The molecule has 106 valence electrons. The Bertz CT molecular complexity index is 588. The third-order valence-electron chi connectivity index (χ3n) is 3.88. The van der Waals surface area contributed by atoms with Gasteiger partial charge in [0, 0.05) is 37.1 Å². The molecule has 0 aliphatic carbocycles. The van der Waals surface area contributed by atoms with E-state index >= 15 is 0 Å². The first kappa shape index (κ1) is 14.3. The Morgan fingerprint density at radius 2 is 1.84 bits per heavy atom. The zero-order chi connectivity index (χ0) is 14.2. The number of aryl methyl sites for hydroxylation is 1. The molecule has 1 aromatic rings. The lowest BCUT2D eigenvalue weighted by Gasteiger charge is -2.25. The van der Waals surface area contributed by atoms with E-state index in [0.29, 0.717) is 19.6 Å². The number of ketones is 1. The molecule has 0 aromatic carbocycles. The summed E-state index contributed by atoms with van der Waals surface area (Å²) in [6.07, 6.45) is 0. The van der Waals surface area contributed by atoms with Crippen LogP contribution in [0.3, 0.4) is 0 Å². The molecule has 1 aliphatic rings. The van der Waals surface area contributed by atoms with Crippen LogP contribution in [0.25, 0.3) is 0 Å². The van der Waals surface area contributed by atoms with E-state index in [1.54, 1.807) is 0 Å². The van der Waals surface area contributed by atoms with Crippen LogP contribution in [0.5, 0.6) is 0 Å². The minimum Gasteiger partial charge on any atom is -0.351 e. The van der Waals surface area contributed by atoms with Crippen molar-refractivity contribution in [2.45, 2.75) is 13.8 Å². The van der Waals surface area contributed by atoms with E-state index in [1.165, 1.54) is 0 Å². The lowest BCUT2D eigenvalue weighted by Crippen LogP contribution is -2.42. The number of rotatable bonds is 3. The van der Waals surface area contributed by atoms with E-state index < -0.39 is 9.84 Å². The fourth-order valence-corrected chi connectivity index (χ4v) is 3.61. The molecule has 1 aromatic heterocycles. The van der Waals surface area contributed by atoms with Crippen LogP contribution in [0, 0.1) is 13.8 Å². The molecule has 2 rings (SSSR count). The number of hydrogen-bond acceptors (Lipinski definition) is 4. The summed E-state index contributed by atoms with van der Waals surface area (Å²) in [5, 5.41) is 0. The van der Waals surface area contributed by atoms with Crippen LogP contribution < -0.4 is 0 Å². The molecule has 0 saturated carbocycles. The van der Waals surface area contributed by atoms with Crippen molar-refractivity contribution < 1.29 is 13.2 Å². The molecule has 1 saturated heterocycles. The van der Waals surface area contributed by atoms with Gasteiger partial charge in [0.2, 0.25) is 0 Å². The van der Waals surface area contributed by atoms with Crippen LogP contribution in [-0.4, -0.2) is 54.8 Å². The molecule has 6 heteroatoms. The summed E-state index contributed by atoms with van der Waals surface area (Å²) >= 11 is 0. The molecule has 0 radical (unpaired) electrons. The van der Waals surface area contributed by atoms with Gasteiger partial charge in [-0.3, -0.25) is 9.69 Å². The second-order valence-corrected chi connectivity index (χ2v) is 7.50. The highest BCUT2D eigenvalue weighted by molar-refractivity contribution is 7.91. The first-order valence-electron chi connectivity index (χ1n) is 6.39. The van der Waals surface area contributed by atoms with Gasteiger partial charge in [0.1, 0.15) is 0 Å². The Balaban J connectivity index is 2.04. The average Bonchev–Trinajstić information content (AvgIpc) is 2.60. The topological polar surface area (TPSA) is 59.4 Å². The van der Waals surface area contributed by atoms with Crippen molar-refractivity contribution >= 4 is 15.6 Å². The highest BCUT2D eigenvalue weighted by Crippen LogP contribution is 2.15. The maximum atomic E-state index is 12.3. The molecule has 0 unspecified atom stereocenters. The van der Waals surface area contributed by atoms with Crippen molar-refractivity contribution in [1.29, 1.82) is 0 Å². The van der Waals surface area contributed by atoms with Crippen molar-refractivity contribution in [2.75, 3.05) is 31.1 Å². The number of sulfone groups is 1. The summed E-state index contributed by atoms with van der Waals surface area (Å²) in [5.41, 5.74) is 2.77. The lowest BCUT2D eigenvalue weighted by atomic mass is 10.1. The minimum atomic E-state index is -2.88. The number of nitrogens with zero attached hydrogens (tertiary/aromatic N) is 2. The van der Waals surface area contributed by atoms with E-state index in [4.69, 9.17) is 0 Å². The quantitative estimate of drug-likeness (QED) is 0.761. The molecule has 2 heterocycles. The van der Waals surface area contributed by atoms with Crippen LogP contribution >= 0.6 is 0 Å². The zero-order valence-electron chi connectivity index (χ0n) is 11.6. The van der Waals surface area contributed by atoms with Crippen LogP contribution in [0.2, 0.25) is 0 Å². The van der Waals surface area contributed by atoms with E-state index in [9.17, 15) is 13.2 Å². The third-order valence-corrected chi connectivity index (χ3v) is 5.49. The Kier molecular flexibility index (Phi) is 3.82. The van der Waals surface area contributed by atoms with Crippen molar-refractivity contribution in [1.82, 2.24) is 9.47 Å². The van der Waals surface area contributed by atoms with E-state index in [2.05, 4.69) is 0 Å². The minimum absolute atomic E-state index is 0.0699. The first-order valence-corrected chi connectivity index (χ1v) is 8.21. The Morgan fingerprint density at radius 1 is 1.26 bits per heavy atom. The molecular weight excluding hydrogens is 264 g/mol. The maximum absolute atomic E-state index is 12.3. The van der Waals surface area contributed by atoms with E-state index in [-0.39, 0.29) is 17.3 Å². The number of hydrogen-bond donors (Lipinski definition) is 0. The molecule has 19 heavy (non-hydrogen) atoms. The lowest BCUT2D eigenvalue weighted by molar-refractivity contribution is 0.0935. The van der Waals surface area contributed by atoms with Crippen molar-refractivity contribution in [2.24, 2.45) is 7.05 Å². The van der Waals surface area contributed by atoms with Gasteiger partial charge >= 0.3 is 0 Å². The number of carbonyl (C=O) groups excluding carboxylic acids is 1. The summed E-state index contributed by atoms with van der Waals surface area (Å²) < 4.78 is 24.7. The smallest absolute Gasteiger partial charge is 0.178 e. The van der Waals surface area contributed by atoms with Crippen molar-refractivity contribution in [3.8, 4) is 0 Å². The molecule has 0 bridgehead atoms. The van der Waals surface area contributed by atoms with Gasteiger partial charge in [0.15, 0.2) is 15.6 Å². The normalized spacial score (nSPS) is 19.5. The van der Waals surface area contributed by atoms with Crippen LogP contribution in [0.1, 0.15) is 21.7 Å². The number of Topliss-reactive ketones (excluding diaryl/α,β-unsaturated/α-hetero) is 1. The number of aromatic nitrogens is 1. The van der Waals surface area contributed by atoms with Crippen LogP contribution in [0.4, 0.5) is 0 Å². The summed E-state index contributed by atoms with van der Waals surface area (Å²) in [5.74, 6) is 0.390. The van der Waals surface area contributed by atoms with Gasteiger partial charge in [0.05, 0.1) is 18.1 Å². The van der Waals surface area contributed by atoms with Gasteiger partial charge in [-0.15, -0.1) is 0 Å². The zero-order valence-corrected chi connectivity index (χ0v) is 12.5. The fraction of sp³-hybridized carbons (Fsp3) is 0.615.